The lowest BCUT2D eigenvalue weighted by atomic mass is 10.0. The Kier molecular flexibility index (Phi) is 11.2. The molecule has 3 N–H and O–H groups in total. The van der Waals surface area contributed by atoms with Crippen molar-refractivity contribution in [1.29, 1.82) is 0 Å². The molecule has 2 atom stereocenters. The molecule has 0 aromatic rings. The zero-order valence-electron chi connectivity index (χ0n) is 13.9. The van der Waals surface area contributed by atoms with Crippen molar-refractivity contribution in [2.45, 2.75) is 71.9 Å². The number of rotatable bonds is 10. The van der Waals surface area contributed by atoms with Crippen molar-refractivity contribution in [1.82, 2.24) is 14.2 Å². The van der Waals surface area contributed by atoms with Gasteiger partial charge in [-0.05, 0) is 19.3 Å². The van der Waals surface area contributed by atoms with E-state index in [2.05, 4.69) is 21.1 Å². The summed E-state index contributed by atoms with van der Waals surface area (Å²) in [5.74, 6) is -0.767. The van der Waals surface area contributed by atoms with Crippen LogP contribution < -0.4 is 14.2 Å². The molecule has 22 heavy (non-hydrogen) atoms. The van der Waals surface area contributed by atoms with E-state index in [4.69, 9.17) is 0 Å². The number of amides is 3. The van der Waals surface area contributed by atoms with Gasteiger partial charge in [-0.25, -0.2) is 0 Å². The number of hydrogen-bond donors (Lipinski definition) is 3. The zero-order chi connectivity index (χ0) is 17.1. The lowest BCUT2D eigenvalue weighted by Gasteiger charge is -2.23. The third-order valence-electron chi connectivity index (χ3n) is 3.37. The molecule has 0 saturated heterocycles. The highest BCUT2D eigenvalue weighted by molar-refractivity contribution is 14.1. The van der Waals surface area contributed by atoms with E-state index in [1.54, 1.807) is 29.8 Å². The summed E-state index contributed by atoms with van der Waals surface area (Å²) in [6.45, 7) is 7.46. The fraction of sp³-hybridized carbons (Fsp3) is 0.800. The van der Waals surface area contributed by atoms with Gasteiger partial charge in [-0.15, -0.1) is 0 Å². The van der Waals surface area contributed by atoms with Crippen molar-refractivity contribution in [3.05, 3.63) is 0 Å². The van der Waals surface area contributed by atoms with Crippen LogP contribution in [-0.4, -0.2) is 29.8 Å². The van der Waals surface area contributed by atoms with E-state index in [-0.39, 0.29) is 23.6 Å². The summed E-state index contributed by atoms with van der Waals surface area (Å²) < 4.78 is 2.45. The maximum Gasteiger partial charge on any atom is 0.250 e. The first-order valence-electron chi connectivity index (χ1n) is 7.83. The summed E-state index contributed by atoms with van der Waals surface area (Å²) in [4.78, 5) is 35.6. The molecule has 0 aromatic carbocycles. The standard InChI is InChI=1S/C15H28IN3O3/c1-5-6-7-8-9-12(20)18-13(10(2)3)15(22)17-11(4)14(21)19-16/h10-11,13H,5-9H2,1-4H3,(H,17,22)(H,18,20)(H,19,21)/t11-,13-/m0/s1. The molecule has 0 aliphatic rings. The Balaban J connectivity index is 4.43. The van der Waals surface area contributed by atoms with Gasteiger partial charge in [0.15, 0.2) is 0 Å². The summed E-state index contributed by atoms with van der Waals surface area (Å²) >= 11 is 1.73. The van der Waals surface area contributed by atoms with E-state index in [1.807, 2.05) is 13.8 Å². The molecule has 0 fully saturated rings. The van der Waals surface area contributed by atoms with Crippen LogP contribution in [0.1, 0.15) is 59.8 Å². The van der Waals surface area contributed by atoms with Crippen LogP contribution in [0, 0.1) is 5.92 Å². The van der Waals surface area contributed by atoms with E-state index in [1.165, 1.54) is 0 Å². The molecule has 128 valence electrons. The first kappa shape index (κ1) is 21.1. The summed E-state index contributed by atoms with van der Waals surface area (Å²) in [5.41, 5.74) is 0. The van der Waals surface area contributed by atoms with Crippen molar-refractivity contribution in [2.75, 3.05) is 0 Å². The molecule has 0 radical (unpaired) electrons. The van der Waals surface area contributed by atoms with Gasteiger partial charge < -0.3 is 10.6 Å². The Morgan fingerprint density at radius 2 is 1.59 bits per heavy atom. The van der Waals surface area contributed by atoms with Gasteiger partial charge in [0, 0.05) is 6.42 Å². The maximum absolute atomic E-state index is 12.2. The lowest BCUT2D eigenvalue weighted by Crippen LogP contribution is -2.53. The number of unbranched alkanes of at least 4 members (excludes halogenated alkanes) is 3. The second-order valence-electron chi connectivity index (χ2n) is 5.79. The van der Waals surface area contributed by atoms with Crippen molar-refractivity contribution in [2.24, 2.45) is 5.92 Å². The van der Waals surface area contributed by atoms with E-state index in [0.29, 0.717) is 6.42 Å². The fourth-order valence-electron chi connectivity index (χ4n) is 1.94. The monoisotopic (exact) mass is 425 g/mol. The third-order valence-corrected chi connectivity index (χ3v) is 3.90. The largest absolute Gasteiger partial charge is 0.344 e. The molecule has 0 spiro atoms. The summed E-state index contributed by atoms with van der Waals surface area (Å²) in [7, 11) is 0. The Morgan fingerprint density at radius 1 is 0.955 bits per heavy atom. The van der Waals surface area contributed by atoms with Crippen LogP contribution in [0.15, 0.2) is 0 Å². The number of carbonyl (C=O) groups excluding carboxylic acids is 3. The van der Waals surface area contributed by atoms with Crippen molar-refractivity contribution in [3.63, 3.8) is 0 Å². The molecule has 0 aliphatic heterocycles. The first-order valence-corrected chi connectivity index (χ1v) is 8.91. The molecule has 3 amide bonds. The normalized spacial score (nSPS) is 13.4. The molecule has 0 saturated carbocycles. The molecule has 6 nitrogen and oxygen atoms in total. The van der Waals surface area contributed by atoms with Crippen LogP contribution >= 0.6 is 22.9 Å². The lowest BCUT2D eigenvalue weighted by molar-refractivity contribution is -0.132. The molecule has 0 heterocycles. The average Bonchev–Trinajstić information content (AvgIpc) is 2.47. The van der Waals surface area contributed by atoms with Crippen LogP contribution in [0.3, 0.4) is 0 Å². The molecule has 0 bridgehead atoms. The number of nitrogens with one attached hydrogen (secondary N) is 3. The predicted octanol–water partition coefficient (Wildman–Crippen LogP) is 2.07. The molecule has 0 unspecified atom stereocenters. The van der Waals surface area contributed by atoms with Crippen molar-refractivity contribution in [3.8, 4) is 0 Å². The second kappa shape index (κ2) is 11.7. The van der Waals surface area contributed by atoms with Gasteiger partial charge in [0.25, 0.3) is 5.91 Å². The van der Waals surface area contributed by atoms with E-state index in [9.17, 15) is 14.4 Å². The predicted molar refractivity (Wildman–Crippen MR) is 95.3 cm³/mol. The molecule has 7 heteroatoms. The minimum Gasteiger partial charge on any atom is -0.344 e. The van der Waals surface area contributed by atoms with Gasteiger partial charge in [0.05, 0.1) is 22.9 Å². The zero-order valence-corrected chi connectivity index (χ0v) is 16.0. The maximum atomic E-state index is 12.2. The number of halogens is 1. The minimum atomic E-state index is -0.632. The van der Waals surface area contributed by atoms with Crippen molar-refractivity contribution < 1.29 is 14.4 Å². The van der Waals surface area contributed by atoms with Crippen LogP contribution in [0.5, 0.6) is 0 Å². The van der Waals surface area contributed by atoms with Gasteiger partial charge in [0.2, 0.25) is 11.8 Å². The number of carbonyl (C=O) groups is 3. The van der Waals surface area contributed by atoms with Gasteiger partial charge in [-0.2, -0.15) is 0 Å². The van der Waals surface area contributed by atoms with Crippen LogP contribution in [0.4, 0.5) is 0 Å². The Hall–Kier alpha value is -0.860. The van der Waals surface area contributed by atoms with Crippen LogP contribution in [0.2, 0.25) is 0 Å². The topological polar surface area (TPSA) is 87.3 Å². The SMILES string of the molecule is CCCCCCC(=O)N[C@H](C(=O)N[C@@H](C)C(=O)NI)C(C)C. The highest BCUT2D eigenvalue weighted by atomic mass is 127. The summed E-state index contributed by atoms with van der Waals surface area (Å²) in [6, 6.07) is -1.25. The summed E-state index contributed by atoms with van der Waals surface area (Å²) in [5, 5.41) is 5.39. The fourth-order valence-corrected chi connectivity index (χ4v) is 2.41. The van der Waals surface area contributed by atoms with Gasteiger partial charge in [-0.3, -0.25) is 17.9 Å². The Morgan fingerprint density at radius 3 is 2.09 bits per heavy atom. The third kappa shape index (κ3) is 8.55. The molecular weight excluding hydrogens is 397 g/mol. The molecule has 0 aromatic heterocycles. The van der Waals surface area contributed by atoms with Gasteiger partial charge in [0.1, 0.15) is 12.1 Å². The smallest absolute Gasteiger partial charge is 0.250 e. The quantitative estimate of drug-likeness (QED) is 0.285. The Labute approximate surface area is 147 Å². The highest BCUT2D eigenvalue weighted by Gasteiger charge is 2.26. The second-order valence-corrected chi connectivity index (χ2v) is 6.33. The summed E-state index contributed by atoms with van der Waals surface area (Å²) in [6.07, 6.45) is 4.52. The van der Waals surface area contributed by atoms with E-state index >= 15 is 0 Å². The highest BCUT2D eigenvalue weighted by Crippen LogP contribution is 2.06. The van der Waals surface area contributed by atoms with Gasteiger partial charge in [-0.1, -0.05) is 40.0 Å². The van der Waals surface area contributed by atoms with Crippen LogP contribution in [0.25, 0.3) is 0 Å². The Bertz CT molecular complexity index is 375. The number of hydrogen-bond acceptors (Lipinski definition) is 3. The molecule has 0 rings (SSSR count). The minimum absolute atomic E-state index is 0.0468. The first-order chi connectivity index (χ1) is 10.3. The molecular formula is C15H28IN3O3. The van der Waals surface area contributed by atoms with Gasteiger partial charge >= 0.3 is 0 Å². The van der Waals surface area contributed by atoms with Crippen LogP contribution in [-0.2, 0) is 14.4 Å². The average molecular weight is 425 g/mol. The van der Waals surface area contributed by atoms with E-state index in [0.717, 1.165) is 25.7 Å². The van der Waals surface area contributed by atoms with E-state index < -0.39 is 12.1 Å². The molecule has 0 aliphatic carbocycles. The van der Waals surface area contributed by atoms with Crippen molar-refractivity contribution >= 4 is 40.6 Å².